The Bertz CT molecular complexity index is 283. The van der Waals surface area contributed by atoms with Crippen LogP contribution in [-0.4, -0.2) is 47.7 Å². The number of nitrogens with zero attached hydrogens (tertiary/aromatic N) is 1. The molecule has 1 rings (SSSR count). The minimum atomic E-state index is -0.760. The molecule has 19 heavy (non-hydrogen) atoms. The first-order valence-electron chi connectivity index (χ1n) is 7.68. The number of likely N-dealkylation sites (tertiary alicyclic amines) is 1. The number of carboxylic acid groups (broad SMARTS) is 1. The van der Waals surface area contributed by atoms with Gasteiger partial charge in [0.15, 0.2) is 0 Å². The second-order valence-corrected chi connectivity index (χ2v) is 6.17. The largest absolute Gasteiger partial charge is 0.480 e. The van der Waals surface area contributed by atoms with Gasteiger partial charge in [-0.05, 0) is 64.6 Å². The standard InChI is InChI=1S/C15H30N2O2/c1-4-16-15(3,14(18)19)9-5-6-10-17-11-7-8-13(2)12-17/h13,16H,4-12H2,1-3H3,(H,18,19). The zero-order chi connectivity index (χ0) is 14.3. The van der Waals surface area contributed by atoms with Crippen LogP contribution in [0, 0.1) is 5.92 Å². The van der Waals surface area contributed by atoms with E-state index in [2.05, 4.69) is 17.1 Å². The molecule has 1 aliphatic rings. The summed E-state index contributed by atoms with van der Waals surface area (Å²) in [6.45, 7) is 10.3. The Kier molecular flexibility index (Phi) is 6.80. The van der Waals surface area contributed by atoms with Crippen molar-refractivity contribution in [1.82, 2.24) is 10.2 Å². The van der Waals surface area contributed by atoms with E-state index < -0.39 is 11.5 Å². The number of nitrogens with one attached hydrogen (secondary N) is 1. The van der Waals surface area contributed by atoms with Gasteiger partial charge in [-0.25, -0.2) is 0 Å². The molecule has 1 fully saturated rings. The zero-order valence-electron chi connectivity index (χ0n) is 12.7. The van der Waals surface area contributed by atoms with Gasteiger partial charge in [-0.3, -0.25) is 4.79 Å². The van der Waals surface area contributed by atoms with Crippen molar-refractivity contribution in [3.8, 4) is 0 Å². The number of piperidine rings is 1. The maximum absolute atomic E-state index is 11.3. The van der Waals surface area contributed by atoms with Crippen molar-refractivity contribution in [1.29, 1.82) is 0 Å². The van der Waals surface area contributed by atoms with Gasteiger partial charge in [0.25, 0.3) is 0 Å². The van der Waals surface area contributed by atoms with Gasteiger partial charge in [-0.2, -0.15) is 0 Å². The smallest absolute Gasteiger partial charge is 0.323 e. The van der Waals surface area contributed by atoms with Crippen LogP contribution in [-0.2, 0) is 4.79 Å². The molecule has 0 aliphatic carbocycles. The number of unbranched alkanes of at least 4 members (excludes halogenated alkanes) is 1. The van der Waals surface area contributed by atoms with Gasteiger partial charge in [0.05, 0.1) is 0 Å². The van der Waals surface area contributed by atoms with Crippen LogP contribution in [0.25, 0.3) is 0 Å². The monoisotopic (exact) mass is 270 g/mol. The zero-order valence-corrected chi connectivity index (χ0v) is 12.7. The topological polar surface area (TPSA) is 52.6 Å². The molecule has 0 aromatic heterocycles. The van der Waals surface area contributed by atoms with Gasteiger partial charge in [0.2, 0.25) is 0 Å². The molecule has 1 heterocycles. The highest BCUT2D eigenvalue weighted by Crippen LogP contribution is 2.18. The summed E-state index contributed by atoms with van der Waals surface area (Å²) >= 11 is 0. The molecular formula is C15H30N2O2. The molecule has 0 radical (unpaired) electrons. The molecule has 4 heteroatoms. The summed E-state index contributed by atoms with van der Waals surface area (Å²) in [4.78, 5) is 13.8. The molecule has 112 valence electrons. The third-order valence-corrected chi connectivity index (χ3v) is 4.18. The third-order valence-electron chi connectivity index (χ3n) is 4.18. The number of rotatable bonds is 8. The number of carboxylic acids is 1. The van der Waals surface area contributed by atoms with Crippen LogP contribution in [0.5, 0.6) is 0 Å². The molecule has 4 nitrogen and oxygen atoms in total. The first kappa shape index (κ1) is 16.4. The molecule has 2 atom stereocenters. The van der Waals surface area contributed by atoms with Gasteiger partial charge in [-0.1, -0.05) is 13.8 Å². The summed E-state index contributed by atoms with van der Waals surface area (Å²) in [5.74, 6) is 0.0840. The van der Waals surface area contributed by atoms with Gasteiger partial charge in [-0.15, -0.1) is 0 Å². The molecule has 0 amide bonds. The molecule has 2 unspecified atom stereocenters. The molecular weight excluding hydrogens is 240 g/mol. The summed E-state index contributed by atoms with van der Waals surface area (Å²) in [6.07, 6.45) is 5.45. The lowest BCUT2D eigenvalue weighted by atomic mass is 9.94. The van der Waals surface area contributed by atoms with Crippen LogP contribution >= 0.6 is 0 Å². The van der Waals surface area contributed by atoms with E-state index in [1.165, 1.54) is 25.9 Å². The molecule has 1 saturated heterocycles. The number of hydrogen-bond acceptors (Lipinski definition) is 3. The fraction of sp³-hybridized carbons (Fsp3) is 0.933. The number of hydrogen-bond donors (Lipinski definition) is 2. The Hall–Kier alpha value is -0.610. The fourth-order valence-corrected chi connectivity index (χ4v) is 2.96. The Balaban J connectivity index is 2.23. The van der Waals surface area contributed by atoms with Crippen LogP contribution in [0.2, 0.25) is 0 Å². The summed E-state index contributed by atoms with van der Waals surface area (Å²) in [6, 6.07) is 0. The lowest BCUT2D eigenvalue weighted by Gasteiger charge is -2.31. The number of carbonyl (C=O) groups is 1. The Morgan fingerprint density at radius 1 is 1.47 bits per heavy atom. The summed E-state index contributed by atoms with van der Waals surface area (Å²) < 4.78 is 0. The molecule has 0 spiro atoms. The minimum Gasteiger partial charge on any atom is -0.480 e. The highest BCUT2D eigenvalue weighted by Gasteiger charge is 2.31. The van der Waals surface area contributed by atoms with Gasteiger partial charge >= 0.3 is 5.97 Å². The lowest BCUT2D eigenvalue weighted by Crippen LogP contribution is -2.49. The number of aliphatic carboxylic acids is 1. The quantitative estimate of drug-likeness (QED) is 0.665. The summed E-state index contributed by atoms with van der Waals surface area (Å²) in [7, 11) is 0. The highest BCUT2D eigenvalue weighted by atomic mass is 16.4. The summed E-state index contributed by atoms with van der Waals surface area (Å²) in [5, 5.41) is 12.4. The van der Waals surface area contributed by atoms with E-state index in [1.807, 2.05) is 6.92 Å². The average Bonchev–Trinajstić information content (AvgIpc) is 2.35. The second-order valence-electron chi connectivity index (χ2n) is 6.17. The Labute approximate surface area is 117 Å². The van der Waals surface area contributed by atoms with Gasteiger partial charge in [0.1, 0.15) is 5.54 Å². The van der Waals surface area contributed by atoms with Crippen LogP contribution in [0.15, 0.2) is 0 Å². The summed E-state index contributed by atoms with van der Waals surface area (Å²) in [5.41, 5.74) is -0.760. The van der Waals surface area contributed by atoms with Crippen LogP contribution < -0.4 is 5.32 Å². The molecule has 1 aliphatic heterocycles. The molecule has 0 bridgehead atoms. The van der Waals surface area contributed by atoms with E-state index in [0.29, 0.717) is 13.0 Å². The maximum atomic E-state index is 11.3. The van der Waals surface area contributed by atoms with Gasteiger partial charge in [0, 0.05) is 6.54 Å². The van der Waals surface area contributed by atoms with Crippen molar-refractivity contribution in [2.24, 2.45) is 5.92 Å². The van der Waals surface area contributed by atoms with Crippen molar-refractivity contribution in [2.45, 2.75) is 58.4 Å². The normalized spacial score (nSPS) is 24.1. The van der Waals surface area contributed by atoms with Crippen molar-refractivity contribution < 1.29 is 9.90 Å². The van der Waals surface area contributed by atoms with Crippen molar-refractivity contribution in [3.05, 3.63) is 0 Å². The first-order chi connectivity index (χ1) is 8.98. The maximum Gasteiger partial charge on any atom is 0.323 e. The fourth-order valence-electron chi connectivity index (χ4n) is 2.96. The average molecular weight is 270 g/mol. The minimum absolute atomic E-state index is 0.701. The van der Waals surface area contributed by atoms with E-state index in [1.54, 1.807) is 6.92 Å². The van der Waals surface area contributed by atoms with Crippen LogP contribution in [0.3, 0.4) is 0 Å². The van der Waals surface area contributed by atoms with E-state index >= 15 is 0 Å². The molecule has 2 N–H and O–H groups in total. The lowest BCUT2D eigenvalue weighted by molar-refractivity contribution is -0.144. The molecule has 0 aromatic rings. The highest BCUT2D eigenvalue weighted by molar-refractivity contribution is 5.78. The van der Waals surface area contributed by atoms with Crippen molar-refractivity contribution in [3.63, 3.8) is 0 Å². The molecule has 0 saturated carbocycles. The van der Waals surface area contributed by atoms with E-state index in [4.69, 9.17) is 0 Å². The Morgan fingerprint density at radius 2 is 2.21 bits per heavy atom. The molecule has 0 aromatic carbocycles. The van der Waals surface area contributed by atoms with Crippen LogP contribution in [0.1, 0.15) is 52.9 Å². The van der Waals surface area contributed by atoms with Crippen LogP contribution in [0.4, 0.5) is 0 Å². The number of likely N-dealkylation sites (N-methyl/N-ethyl adjacent to an activating group) is 1. The predicted molar refractivity (Wildman–Crippen MR) is 78.4 cm³/mol. The first-order valence-corrected chi connectivity index (χ1v) is 7.68. The van der Waals surface area contributed by atoms with E-state index in [0.717, 1.165) is 25.3 Å². The third kappa shape index (κ3) is 5.49. The second kappa shape index (κ2) is 7.85. The predicted octanol–water partition coefficient (Wildman–Crippen LogP) is 2.34. The van der Waals surface area contributed by atoms with E-state index in [-0.39, 0.29) is 0 Å². The van der Waals surface area contributed by atoms with E-state index in [9.17, 15) is 9.90 Å². The van der Waals surface area contributed by atoms with Gasteiger partial charge < -0.3 is 15.3 Å². The van der Waals surface area contributed by atoms with Crippen molar-refractivity contribution in [2.75, 3.05) is 26.2 Å². The Morgan fingerprint density at radius 3 is 2.79 bits per heavy atom. The van der Waals surface area contributed by atoms with Crippen molar-refractivity contribution >= 4 is 5.97 Å². The SMILES string of the molecule is CCNC(C)(CCCCN1CCCC(C)C1)C(=O)O.